The summed E-state index contributed by atoms with van der Waals surface area (Å²) in [5, 5.41) is 0. The lowest BCUT2D eigenvalue weighted by Crippen LogP contribution is -2.00. The SMILES string of the molecule is BrC(Br)CC[Si]C[Si]CCC(Br)Br. The van der Waals surface area contributed by atoms with E-state index in [2.05, 4.69) is 63.7 Å². The van der Waals surface area contributed by atoms with Crippen LogP contribution in [0.15, 0.2) is 0 Å². The van der Waals surface area contributed by atoms with Crippen LogP contribution in [0.2, 0.25) is 17.8 Å². The van der Waals surface area contributed by atoms with Gasteiger partial charge in [0.15, 0.2) is 0 Å². The van der Waals surface area contributed by atoms with Gasteiger partial charge in [0.25, 0.3) is 0 Å². The molecule has 0 aliphatic carbocycles. The third-order valence-corrected chi connectivity index (χ3v) is 6.44. The molecular formula is C7H12Br4Si2. The molecule has 0 saturated carbocycles. The van der Waals surface area contributed by atoms with Gasteiger partial charge in [0.1, 0.15) is 0 Å². The maximum atomic E-state index is 3.49. The first-order valence-corrected chi connectivity index (χ1v) is 10.6. The number of rotatable bonds is 8. The van der Waals surface area contributed by atoms with E-state index in [-0.39, 0.29) is 0 Å². The first-order valence-electron chi connectivity index (χ1n) is 4.10. The predicted molar refractivity (Wildman–Crippen MR) is 78.4 cm³/mol. The summed E-state index contributed by atoms with van der Waals surface area (Å²) in [7, 11) is 2.30. The molecular weight excluding hydrogens is 460 g/mol. The Balaban J connectivity index is 2.92. The summed E-state index contributed by atoms with van der Waals surface area (Å²) >= 11 is 13.9. The summed E-state index contributed by atoms with van der Waals surface area (Å²) in [4.78, 5) is 0. The van der Waals surface area contributed by atoms with Gasteiger partial charge in [-0.2, -0.15) is 0 Å². The van der Waals surface area contributed by atoms with Crippen molar-refractivity contribution in [3.63, 3.8) is 0 Å². The van der Waals surface area contributed by atoms with Crippen LogP contribution in [0.5, 0.6) is 0 Å². The molecule has 0 saturated heterocycles. The molecule has 6 heteroatoms. The summed E-state index contributed by atoms with van der Waals surface area (Å²) in [6, 6.07) is 2.72. The largest absolute Gasteiger partial charge is 0.0765 e. The monoisotopic (exact) mass is 468 g/mol. The van der Waals surface area contributed by atoms with Crippen LogP contribution in [-0.4, -0.2) is 26.5 Å². The fraction of sp³-hybridized carbons (Fsp3) is 1.00. The first-order chi connectivity index (χ1) is 6.13. The Kier molecular flexibility index (Phi) is 12.8. The molecule has 76 valence electrons. The zero-order valence-corrected chi connectivity index (χ0v) is 15.5. The third-order valence-electron chi connectivity index (χ3n) is 1.33. The van der Waals surface area contributed by atoms with Gasteiger partial charge < -0.3 is 0 Å². The second-order valence-corrected chi connectivity index (χ2v) is 12.8. The minimum Gasteiger partial charge on any atom is -0.0765 e. The summed E-state index contributed by atoms with van der Waals surface area (Å²) < 4.78 is 1.04. The number of hydrogen-bond acceptors (Lipinski definition) is 0. The molecule has 0 nitrogen and oxygen atoms in total. The zero-order valence-electron chi connectivity index (χ0n) is 7.20. The molecule has 13 heavy (non-hydrogen) atoms. The molecule has 0 rings (SSSR count). The molecule has 0 amide bonds. The smallest absolute Gasteiger partial charge is 0.0695 e. The van der Waals surface area contributed by atoms with E-state index >= 15 is 0 Å². The summed E-state index contributed by atoms with van der Waals surface area (Å²) in [5.74, 6) is 0. The van der Waals surface area contributed by atoms with Gasteiger partial charge in [-0.05, 0) is 12.8 Å². The maximum absolute atomic E-state index is 3.49. The highest BCUT2D eigenvalue weighted by Crippen LogP contribution is 2.16. The lowest BCUT2D eigenvalue weighted by Gasteiger charge is -2.01. The second-order valence-electron chi connectivity index (χ2n) is 2.54. The van der Waals surface area contributed by atoms with Crippen LogP contribution >= 0.6 is 63.7 Å². The van der Waals surface area contributed by atoms with Gasteiger partial charge in [-0.3, -0.25) is 0 Å². The van der Waals surface area contributed by atoms with Crippen LogP contribution in [0.25, 0.3) is 0 Å². The Labute approximate surface area is 120 Å². The van der Waals surface area contributed by atoms with Crippen LogP contribution in [0.3, 0.4) is 0 Å². The lowest BCUT2D eigenvalue weighted by atomic mass is 10.6. The van der Waals surface area contributed by atoms with Gasteiger partial charge in [0.2, 0.25) is 0 Å². The second kappa shape index (κ2) is 10.9. The van der Waals surface area contributed by atoms with E-state index in [1.165, 1.54) is 30.6 Å². The average molecular weight is 472 g/mol. The van der Waals surface area contributed by atoms with Crippen molar-refractivity contribution in [1.29, 1.82) is 0 Å². The first kappa shape index (κ1) is 15.4. The highest BCUT2D eigenvalue weighted by molar-refractivity contribution is 9.25. The molecule has 0 aromatic rings. The van der Waals surface area contributed by atoms with Crippen LogP contribution in [0, 0.1) is 0 Å². The molecule has 0 atom stereocenters. The van der Waals surface area contributed by atoms with Crippen LogP contribution in [0.4, 0.5) is 0 Å². The van der Waals surface area contributed by atoms with Crippen LogP contribution < -0.4 is 0 Å². The minimum absolute atomic E-state index is 0.519. The van der Waals surface area contributed by atoms with E-state index in [1.807, 2.05) is 0 Å². The van der Waals surface area contributed by atoms with Gasteiger partial charge in [0, 0.05) is 19.0 Å². The van der Waals surface area contributed by atoms with Gasteiger partial charge in [-0.15, -0.1) is 0 Å². The molecule has 0 aromatic carbocycles. The normalized spacial score (nSPS) is 11.5. The quantitative estimate of drug-likeness (QED) is 0.275. The van der Waals surface area contributed by atoms with Crippen molar-refractivity contribution < 1.29 is 0 Å². The van der Waals surface area contributed by atoms with Gasteiger partial charge in [-0.1, -0.05) is 81.5 Å². The number of alkyl halides is 4. The van der Waals surface area contributed by atoms with Crippen molar-refractivity contribution in [2.45, 2.75) is 38.1 Å². The Morgan fingerprint density at radius 1 is 0.769 bits per heavy atom. The van der Waals surface area contributed by atoms with Crippen LogP contribution in [0.1, 0.15) is 12.8 Å². The Morgan fingerprint density at radius 3 is 1.46 bits per heavy atom. The number of hydrogen-bond donors (Lipinski definition) is 0. The molecule has 0 spiro atoms. The Morgan fingerprint density at radius 2 is 1.15 bits per heavy atom. The predicted octanol–water partition coefficient (Wildman–Crippen LogP) is 4.62. The number of halogens is 4. The highest BCUT2D eigenvalue weighted by atomic mass is 79.9. The Hall–Kier alpha value is 2.35. The van der Waals surface area contributed by atoms with Crippen molar-refractivity contribution in [3.8, 4) is 0 Å². The average Bonchev–Trinajstić information content (AvgIpc) is 2.01. The van der Waals surface area contributed by atoms with Crippen molar-refractivity contribution in [2.24, 2.45) is 0 Å². The van der Waals surface area contributed by atoms with E-state index in [0.717, 1.165) is 19.0 Å². The van der Waals surface area contributed by atoms with Crippen LogP contribution in [-0.2, 0) is 0 Å². The summed E-state index contributed by atoms with van der Waals surface area (Å²) in [6.45, 7) is 0. The van der Waals surface area contributed by atoms with E-state index in [0.29, 0.717) is 7.47 Å². The lowest BCUT2D eigenvalue weighted by molar-refractivity contribution is 1.06. The van der Waals surface area contributed by atoms with Crippen molar-refractivity contribution >= 4 is 82.8 Å². The van der Waals surface area contributed by atoms with E-state index in [9.17, 15) is 0 Å². The topological polar surface area (TPSA) is 0 Å². The minimum atomic E-state index is 0.519. The zero-order chi connectivity index (χ0) is 10.1. The molecule has 0 aliphatic heterocycles. The van der Waals surface area contributed by atoms with Gasteiger partial charge >= 0.3 is 0 Å². The van der Waals surface area contributed by atoms with Crippen molar-refractivity contribution in [1.82, 2.24) is 0 Å². The fourth-order valence-corrected chi connectivity index (χ4v) is 6.40. The maximum Gasteiger partial charge on any atom is 0.0695 e. The molecule has 0 bridgehead atoms. The molecule has 0 aromatic heterocycles. The molecule has 0 aliphatic rings. The van der Waals surface area contributed by atoms with Crippen molar-refractivity contribution in [2.75, 3.05) is 0 Å². The summed E-state index contributed by atoms with van der Waals surface area (Å²) in [6.07, 6.45) is 2.50. The van der Waals surface area contributed by atoms with Gasteiger partial charge in [0.05, 0.1) is 7.47 Å². The molecule has 0 unspecified atom stereocenters. The molecule has 0 fully saturated rings. The fourth-order valence-electron chi connectivity index (χ4n) is 0.688. The van der Waals surface area contributed by atoms with E-state index in [4.69, 9.17) is 0 Å². The molecule has 0 N–H and O–H groups in total. The van der Waals surface area contributed by atoms with E-state index < -0.39 is 0 Å². The third kappa shape index (κ3) is 14.4. The van der Waals surface area contributed by atoms with Crippen molar-refractivity contribution in [3.05, 3.63) is 0 Å². The highest BCUT2D eigenvalue weighted by Gasteiger charge is 2.00. The molecule has 4 radical (unpaired) electrons. The summed E-state index contributed by atoms with van der Waals surface area (Å²) in [5.41, 5.74) is 1.43. The van der Waals surface area contributed by atoms with E-state index in [1.54, 1.807) is 0 Å². The Bertz CT molecular complexity index is 98.7. The van der Waals surface area contributed by atoms with Gasteiger partial charge in [-0.25, -0.2) is 0 Å². The standard InChI is InChI=1S/C7H12Br4Si2/c8-6(9)1-3-12-5-13-4-2-7(10)11/h6-7H,1-5H2. The molecule has 0 heterocycles.